The molecule has 0 bridgehead atoms. The molecule has 0 atom stereocenters. The van der Waals surface area contributed by atoms with Crippen LogP contribution in [0.25, 0.3) is 11.1 Å². The highest BCUT2D eigenvalue weighted by Crippen LogP contribution is 2.17. The molecule has 2 N–H and O–H groups in total. The van der Waals surface area contributed by atoms with E-state index in [0.29, 0.717) is 0 Å². The lowest BCUT2D eigenvalue weighted by atomic mass is 10.1. The van der Waals surface area contributed by atoms with Crippen molar-refractivity contribution in [3.8, 4) is 11.1 Å². The maximum atomic E-state index is 8.58. The molecule has 0 aliphatic rings. The Morgan fingerprint density at radius 1 is 0.812 bits per heavy atom. The maximum absolute atomic E-state index is 8.58. The lowest BCUT2D eigenvalue weighted by molar-refractivity contribution is -0.491. The summed E-state index contributed by atoms with van der Waals surface area (Å²) in [7, 11) is 0. The molecule has 0 radical (unpaired) electrons. The van der Waals surface area contributed by atoms with Crippen molar-refractivity contribution in [2.75, 3.05) is 0 Å². The van der Waals surface area contributed by atoms with Gasteiger partial charge in [-0.05, 0) is 11.1 Å². The average molecular weight is 216 g/mol. The second kappa shape index (κ2) is 6.19. The van der Waals surface area contributed by atoms with Crippen molar-refractivity contribution in [2.45, 2.75) is 0 Å². The standard InChI is InChI=1S/C12H10.H2N2O2/c1-3-7-11(8-4-1)12-9-5-2-6-10-12;1-2(3)4/h1-10H;1H2. The predicted octanol–water partition coefficient (Wildman–Crippen LogP) is 2.49. The third kappa shape index (κ3) is 4.23. The predicted molar refractivity (Wildman–Crippen MR) is 63.1 cm³/mol. The molecule has 0 fully saturated rings. The molecule has 0 saturated heterocycles. The van der Waals surface area contributed by atoms with Crippen molar-refractivity contribution in [1.82, 2.24) is 0 Å². The Morgan fingerprint density at radius 3 is 1.31 bits per heavy atom. The largest absolute Gasteiger partial charge is 0.235 e. The summed E-state index contributed by atoms with van der Waals surface area (Å²) in [6.07, 6.45) is 0. The maximum Gasteiger partial charge on any atom is 0.154 e. The number of nitro groups is 1. The zero-order chi connectivity index (χ0) is 11.8. The molecule has 2 rings (SSSR count). The Kier molecular flexibility index (Phi) is 4.53. The number of hydrazine groups is 1. The number of nitrogens with two attached hydrogens (primary N) is 1. The summed E-state index contributed by atoms with van der Waals surface area (Å²) < 4.78 is 0. The van der Waals surface area contributed by atoms with Gasteiger partial charge in [0.15, 0.2) is 5.03 Å². The summed E-state index contributed by atoms with van der Waals surface area (Å²) in [5.74, 6) is 3.83. The molecule has 4 heteroatoms. The molecule has 0 heterocycles. The molecule has 82 valence electrons. The van der Waals surface area contributed by atoms with Crippen molar-refractivity contribution < 1.29 is 5.03 Å². The van der Waals surface area contributed by atoms with Crippen molar-refractivity contribution in [2.24, 2.45) is 5.84 Å². The van der Waals surface area contributed by atoms with E-state index in [9.17, 15) is 0 Å². The van der Waals surface area contributed by atoms with Gasteiger partial charge in [-0.1, -0.05) is 60.7 Å². The van der Waals surface area contributed by atoms with Crippen LogP contribution in [0.3, 0.4) is 0 Å². The van der Waals surface area contributed by atoms with Gasteiger partial charge in [0.1, 0.15) is 0 Å². The van der Waals surface area contributed by atoms with E-state index >= 15 is 0 Å². The highest BCUT2D eigenvalue weighted by Gasteiger charge is 1.91. The lowest BCUT2D eigenvalue weighted by Crippen LogP contribution is -2.04. The minimum atomic E-state index is -1.00. The van der Waals surface area contributed by atoms with Crippen LogP contribution < -0.4 is 5.84 Å². The topological polar surface area (TPSA) is 69.2 Å². The van der Waals surface area contributed by atoms with Gasteiger partial charge in [0.25, 0.3) is 0 Å². The van der Waals surface area contributed by atoms with Crippen molar-refractivity contribution >= 4 is 0 Å². The highest BCUT2D eigenvalue weighted by molar-refractivity contribution is 5.62. The van der Waals surface area contributed by atoms with Crippen LogP contribution in [-0.2, 0) is 0 Å². The molecule has 0 spiro atoms. The highest BCUT2D eigenvalue weighted by atomic mass is 16.7. The van der Waals surface area contributed by atoms with Gasteiger partial charge in [-0.2, -0.15) is 5.84 Å². The molecular weight excluding hydrogens is 204 g/mol. The Balaban J connectivity index is 0.000000280. The van der Waals surface area contributed by atoms with Gasteiger partial charge in [0.2, 0.25) is 0 Å². The van der Waals surface area contributed by atoms with Crippen molar-refractivity contribution in [3.63, 3.8) is 0 Å². The minimum Gasteiger partial charge on any atom is -0.235 e. The van der Waals surface area contributed by atoms with Gasteiger partial charge in [0.05, 0.1) is 0 Å². The fraction of sp³-hybridized carbons (Fsp3) is 0. The summed E-state index contributed by atoms with van der Waals surface area (Å²) in [5.41, 5.74) is 2.55. The van der Waals surface area contributed by atoms with E-state index in [2.05, 4.69) is 54.4 Å². The van der Waals surface area contributed by atoms with E-state index < -0.39 is 5.03 Å². The van der Waals surface area contributed by atoms with Gasteiger partial charge >= 0.3 is 0 Å². The van der Waals surface area contributed by atoms with Crippen molar-refractivity contribution in [1.29, 1.82) is 0 Å². The molecule has 0 amide bonds. The summed E-state index contributed by atoms with van der Waals surface area (Å²) in [4.78, 5) is 8.58. The van der Waals surface area contributed by atoms with E-state index in [1.807, 2.05) is 12.1 Å². The molecule has 0 aliphatic carbocycles. The molecule has 0 aromatic heterocycles. The van der Waals surface area contributed by atoms with E-state index in [1.165, 1.54) is 11.1 Å². The Morgan fingerprint density at radius 2 is 1.06 bits per heavy atom. The van der Waals surface area contributed by atoms with Crippen LogP contribution >= 0.6 is 0 Å². The SMILES string of the molecule is N[N+](=O)[O-].c1ccc(-c2ccccc2)cc1. The van der Waals surface area contributed by atoms with Gasteiger partial charge < -0.3 is 0 Å². The fourth-order valence-electron chi connectivity index (χ4n) is 1.26. The van der Waals surface area contributed by atoms with E-state index in [1.54, 1.807) is 0 Å². The monoisotopic (exact) mass is 216 g/mol. The first kappa shape index (κ1) is 11.7. The normalized spacial score (nSPS) is 8.75. The first-order valence-corrected chi connectivity index (χ1v) is 4.69. The first-order chi connectivity index (χ1) is 7.70. The number of nitrogens with zero attached hydrogens (tertiary/aromatic N) is 1. The zero-order valence-electron chi connectivity index (χ0n) is 8.61. The lowest BCUT2D eigenvalue weighted by Gasteiger charge is -1.98. The number of hydrogen-bond acceptors (Lipinski definition) is 2. The average Bonchev–Trinajstić information content (AvgIpc) is 2.31. The second-order valence-electron chi connectivity index (χ2n) is 3.02. The van der Waals surface area contributed by atoms with Crippen LogP contribution in [0.1, 0.15) is 0 Å². The van der Waals surface area contributed by atoms with Crippen LogP contribution in [0.4, 0.5) is 0 Å². The first-order valence-electron chi connectivity index (χ1n) is 4.69. The summed E-state index contributed by atoms with van der Waals surface area (Å²) in [5, 5.41) is 7.58. The van der Waals surface area contributed by atoms with Crippen LogP contribution in [0.15, 0.2) is 60.7 Å². The molecule has 4 nitrogen and oxygen atoms in total. The zero-order valence-corrected chi connectivity index (χ0v) is 8.61. The third-order valence-electron chi connectivity index (χ3n) is 1.88. The number of benzene rings is 2. The molecular formula is C12H12N2O2. The van der Waals surface area contributed by atoms with Crippen molar-refractivity contribution in [3.05, 3.63) is 70.8 Å². The molecule has 0 saturated carbocycles. The number of hydrogen-bond donors (Lipinski definition) is 1. The van der Waals surface area contributed by atoms with E-state index in [-0.39, 0.29) is 0 Å². The van der Waals surface area contributed by atoms with Crippen LogP contribution in [0.5, 0.6) is 0 Å². The second-order valence-corrected chi connectivity index (χ2v) is 3.02. The molecule has 2 aromatic rings. The summed E-state index contributed by atoms with van der Waals surface area (Å²) in [6, 6.07) is 20.8. The molecule has 0 unspecified atom stereocenters. The summed E-state index contributed by atoms with van der Waals surface area (Å²) >= 11 is 0. The van der Waals surface area contributed by atoms with Gasteiger partial charge in [-0.3, -0.25) is 0 Å². The van der Waals surface area contributed by atoms with Gasteiger partial charge in [0, 0.05) is 0 Å². The Bertz CT molecular complexity index is 388. The number of rotatable bonds is 1. The Hall–Kier alpha value is -2.36. The third-order valence-corrected chi connectivity index (χ3v) is 1.88. The minimum absolute atomic E-state index is 1.00. The summed E-state index contributed by atoms with van der Waals surface area (Å²) in [6.45, 7) is 0. The fourth-order valence-corrected chi connectivity index (χ4v) is 1.26. The molecule has 2 aromatic carbocycles. The van der Waals surface area contributed by atoms with Crippen LogP contribution in [0, 0.1) is 10.1 Å². The van der Waals surface area contributed by atoms with Crippen LogP contribution in [-0.4, -0.2) is 5.03 Å². The van der Waals surface area contributed by atoms with Gasteiger partial charge in [-0.15, -0.1) is 0 Å². The van der Waals surface area contributed by atoms with E-state index in [4.69, 9.17) is 10.1 Å². The molecule has 16 heavy (non-hydrogen) atoms. The molecule has 0 aliphatic heterocycles. The quantitative estimate of drug-likeness (QED) is 0.452. The Labute approximate surface area is 93.5 Å². The van der Waals surface area contributed by atoms with Gasteiger partial charge in [-0.25, -0.2) is 10.1 Å². The van der Waals surface area contributed by atoms with E-state index in [0.717, 1.165) is 0 Å². The smallest absolute Gasteiger partial charge is 0.154 e. The van der Waals surface area contributed by atoms with Crippen LogP contribution in [0.2, 0.25) is 0 Å².